The average Bonchev–Trinajstić information content (AvgIpc) is 3.43. The molecule has 2 atom stereocenters. The van der Waals surface area contributed by atoms with E-state index in [1.807, 2.05) is 0 Å². The van der Waals surface area contributed by atoms with Crippen molar-refractivity contribution in [3.05, 3.63) is 52.9 Å². The number of aromatic nitrogens is 2. The van der Waals surface area contributed by atoms with E-state index in [9.17, 15) is 19.4 Å². The molecule has 6 nitrogen and oxygen atoms in total. The van der Waals surface area contributed by atoms with E-state index in [1.54, 1.807) is 29.8 Å². The Hall–Kier alpha value is -2.68. The van der Waals surface area contributed by atoms with Crippen LogP contribution in [-0.2, 0) is 4.79 Å². The van der Waals surface area contributed by atoms with Crippen LogP contribution in [0.25, 0.3) is 27.6 Å². The summed E-state index contributed by atoms with van der Waals surface area (Å²) in [6.45, 7) is 0. The number of benzene rings is 1. The van der Waals surface area contributed by atoms with Crippen molar-refractivity contribution in [3.63, 3.8) is 0 Å². The zero-order valence-electron chi connectivity index (χ0n) is 16.0. The van der Waals surface area contributed by atoms with Crippen LogP contribution in [-0.4, -0.2) is 43.5 Å². The van der Waals surface area contributed by atoms with Crippen molar-refractivity contribution in [3.8, 4) is 11.1 Å². The van der Waals surface area contributed by atoms with E-state index in [-0.39, 0.29) is 12.2 Å². The van der Waals surface area contributed by atoms with Crippen LogP contribution in [0.1, 0.15) is 42.9 Å². The molecular weight excluding hydrogens is 407 g/mol. The topological polar surface area (TPSA) is 104 Å². The Morgan fingerprint density at radius 3 is 2.67 bits per heavy atom. The predicted molar refractivity (Wildman–Crippen MR) is 113 cm³/mol. The Morgan fingerprint density at radius 1 is 1.27 bits per heavy atom. The molecule has 3 aromatic rings. The number of fused-ring (bicyclic) bond motifs is 1. The molecule has 1 aliphatic rings. The van der Waals surface area contributed by atoms with E-state index >= 15 is 0 Å². The molecule has 4 rings (SSSR count). The van der Waals surface area contributed by atoms with Gasteiger partial charge in [0.25, 0.3) is 0 Å². The number of aliphatic hydroxyl groups is 2. The molecule has 0 radical (unpaired) electrons. The standard InChI is InChI=1S/C22H21FN2O4S/c23-14-5-3-12(4-6-14)19-17(8-7-15(26)9-16(27)10-18(28)29)20(13-1-2-13)25-22-21(19)24-11-30-22/h3-8,11,13,15-16,26-27H,1-2,9-10H2,(H,28,29)/b8-7+/t15-,16-/m1/s1. The molecule has 3 N–H and O–H groups in total. The van der Waals surface area contributed by atoms with Crippen molar-refractivity contribution in [1.29, 1.82) is 0 Å². The summed E-state index contributed by atoms with van der Waals surface area (Å²) in [5, 5.41) is 28.8. The number of thiazole rings is 1. The second-order valence-corrected chi connectivity index (χ2v) is 8.32. The fraction of sp³-hybridized carbons (Fsp3) is 0.318. The lowest BCUT2D eigenvalue weighted by Crippen LogP contribution is -2.19. The van der Waals surface area contributed by atoms with Gasteiger partial charge in [0.2, 0.25) is 0 Å². The van der Waals surface area contributed by atoms with Gasteiger partial charge in [0.05, 0.1) is 29.8 Å². The number of carboxylic acids is 1. The highest BCUT2D eigenvalue weighted by molar-refractivity contribution is 7.16. The first kappa shape index (κ1) is 20.6. The minimum absolute atomic E-state index is 0.0835. The van der Waals surface area contributed by atoms with Crippen molar-refractivity contribution in [2.45, 2.75) is 43.8 Å². The van der Waals surface area contributed by atoms with Crippen LogP contribution in [0, 0.1) is 5.82 Å². The van der Waals surface area contributed by atoms with Gasteiger partial charge in [-0.3, -0.25) is 4.79 Å². The third kappa shape index (κ3) is 4.56. The molecule has 1 aromatic carbocycles. The van der Waals surface area contributed by atoms with E-state index in [0.717, 1.165) is 45.6 Å². The fourth-order valence-corrected chi connectivity index (χ4v) is 4.19. The zero-order valence-corrected chi connectivity index (χ0v) is 16.8. The van der Waals surface area contributed by atoms with Gasteiger partial charge in [-0.05, 0) is 30.5 Å². The minimum Gasteiger partial charge on any atom is -0.481 e. The third-order valence-corrected chi connectivity index (χ3v) is 5.78. The number of halogens is 1. The molecule has 1 fully saturated rings. The monoisotopic (exact) mass is 428 g/mol. The highest BCUT2D eigenvalue weighted by atomic mass is 32.1. The van der Waals surface area contributed by atoms with Gasteiger partial charge in [0.15, 0.2) is 0 Å². The first-order valence-electron chi connectivity index (χ1n) is 9.71. The number of rotatable bonds is 8. The SMILES string of the molecule is O=C(O)C[C@H](O)C[C@H](O)/C=C/c1c(C2CC2)nc2scnc2c1-c1ccc(F)cc1. The zero-order chi connectivity index (χ0) is 21.3. The number of carboxylic acid groups (broad SMARTS) is 1. The number of hydrogen-bond donors (Lipinski definition) is 3. The first-order chi connectivity index (χ1) is 14.4. The number of aliphatic hydroxyl groups excluding tert-OH is 2. The summed E-state index contributed by atoms with van der Waals surface area (Å²) in [5.41, 5.74) is 5.81. The molecule has 2 heterocycles. The summed E-state index contributed by atoms with van der Waals surface area (Å²) in [5.74, 6) is -1.12. The van der Waals surface area contributed by atoms with Crippen molar-refractivity contribution in [1.82, 2.24) is 9.97 Å². The van der Waals surface area contributed by atoms with E-state index in [2.05, 4.69) is 4.98 Å². The molecule has 1 aliphatic carbocycles. The summed E-state index contributed by atoms with van der Waals surface area (Å²) in [6, 6.07) is 6.19. The van der Waals surface area contributed by atoms with Gasteiger partial charge in [-0.2, -0.15) is 0 Å². The van der Waals surface area contributed by atoms with Crippen LogP contribution in [0.3, 0.4) is 0 Å². The van der Waals surface area contributed by atoms with Crippen molar-refractivity contribution in [2.75, 3.05) is 0 Å². The Balaban J connectivity index is 1.75. The lowest BCUT2D eigenvalue weighted by atomic mass is 9.95. The summed E-state index contributed by atoms with van der Waals surface area (Å²) >= 11 is 1.45. The molecule has 156 valence electrons. The summed E-state index contributed by atoms with van der Waals surface area (Å²) in [7, 11) is 0. The van der Waals surface area contributed by atoms with Gasteiger partial charge < -0.3 is 15.3 Å². The van der Waals surface area contributed by atoms with Gasteiger partial charge in [-0.25, -0.2) is 14.4 Å². The number of nitrogens with zero attached hydrogens (tertiary/aromatic N) is 2. The predicted octanol–water partition coefficient (Wildman–Crippen LogP) is 3.97. The smallest absolute Gasteiger partial charge is 0.305 e. The van der Waals surface area contributed by atoms with Gasteiger partial charge in [-0.1, -0.05) is 24.3 Å². The Kier molecular flexibility index (Phi) is 5.90. The second kappa shape index (κ2) is 8.59. The van der Waals surface area contributed by atoms with Crippen LogP contribution in [0.15, 0.2) is 35.9 Å². The molecule has 1 saturated carbocycles. The summed E-state index contributed by atoms with van der Waals surface area (Å²) in [6.07, 6.45) is 2.70. The van der Waals surface area contributed by atoms with Crippen LogP contribution in [0.5, 0.6) is 0 Å². The molecular formula is C22H21FN2O4S. The number of hydrogen-bond acceptors (Lipinski definition) is 6. The van der Waals surface area contributed by atoms with Crippen molar-refractivity contribution >= 4 is 33.7 Å². The normalized spacial score (nSPS) is 16.2. The lowest BCUT2D eigenvalue weighted by Gasteiger charge is -2.14. The molecule has 0 bridgehead atoms. The summed E-state index contributed by atoms with van der Waals surface area (Å²) in [4.78, 5) is 20.8. The Labute approximate surface area is 176 Å². The molecule has 2 aromatic heterocycles. The maximum Gasteiger partial charge on any atom is 0.305 e. The van der Waals surface area contributed by atoms with Crippen molar-refractivity contribution < 1.29 is 24.5 Å². The van der Waals surface area contributed by atoms with Crippen LogP contribution in [0.2, 0.25) is 0 Å². The highest BCUT2D eigenvalue weighted by Gasteiger charge is 2.30. The van der Waals surface area contributed by atoms with E-state index in [0.29, 0.717) is 5.92 Å². The second-order valence-electron chi connectivity index (χ2n) is 7.49. The molecule has 0 saturated heterocycles. The van der Waals surface area contributed by atoms with Crippen LogP contribution < -0.4 is 0 Å². The quantitative estimate of drug-likeness (QED) is 0.502. The molecule has 30 heavy (non-hydrogen) atoms. The first-order valence-corrected chi connectivity index (χ1v) is 10.6. The number of pyridine rings is 1. The average molecular weight is 428 g/mol. The van der Waals surface area contributed by atoms with Gasteiger partial charge in [-0.15, -0.1) is 11.3 Å². The maximum absolute atomic E-state index is 13.5. The van der Waals surface area contributed by atoms with E-state index in [1.165, 1.54) is 23.5 Å². The largest absolute Gasteiger partial charge is 0.481 e. The molecule has 0 amide bonds. The van der Waals surface area contributed by atoms with Gasteiger partial charge in [0, 0.05) is 23.5 Å². The van der Waals surface area contributed by atoms with Gasteiger partial charge in [0.1, 0.15) is 16.2 Å². The third-order valence-electron chi connectivity index (χ3n) is 5.06. The fourth-order valence-electron chi connectivity index (χ4n) is 3.51. The highest BCUT2D eigenvalue weighted by Crippen LogP contribution is 2.45. The molecule has 0 spiro atoms. The van der Waals surface area contributed by atoms with E-state index in [4.69, 9.17) is 10.1 Å². The number of carbonyl (C=O) groups is 1. The van der Waals surface area contributed by atoms with Crippen LogP contribution in [0.4, 0.5) is 4.39 Å². The van der Waals surface area contributed by atoms with Crippen LogP contribution >= 0.6 is 11.3 Å². The Morgan fingerprint density at radius 2 is 2.00 bits per heavy atom. The summed E-state index contributed by atoms with van der Waals surface area (Å²) < 4.78 is 13.5. The molecule has 0 aliphatic heterocycles. The molecule has 8 heteroatoms. The minimum atomic E-state index is -1.14. The maximum atomic E-state index is 13.5. The van der Waals surface area contributed by atoms with Crippen molar-refractivity contribution in [2.24, 2.45) is 0 Å². The van der Waals surface area contributed by atoms with E-state index < -0.39 is 24.6 Å². The molecule has 0 unspecified atom stereocenters. The Bertz CT molecular complexity index is 1090. The lowest BCUT2D eigenvalue weighted by molar-refractivity contribution is -0.139. The number of aliphatic carboxylic acids is 1. The van der Waals surface area contributed by atoms with Gasteiger partial charge >= 0.3 is 5.97 Å².